The first-order valence-corrected chi connectivity index (χ1v) is 11.3. The Labute approximate surface area is 181 Å². The highest BCUT2D eigenvalue weighted by molar-refractivity contribution is 7.92. The number of halogens is 1. The maximum atomic E-state index is 12.5. The van der Waals surface area contributed by atoms with Crippen molar-refractivity contribution in [3.8, 4) is 0 Å². The highest BCUT2D eigenvalue weighted by Crippen LogP contribution is 2.25. The summed E-state index contributed by atoms with van der Waals surface area (Å²) in [6.45, 7) is 0.102. The number of benzene rings is 2. The number of urea groups is 1. The maximum absolute atomic E-state index is 12.5. The third-order valence-corrected chi connectivity index (χ3v) is 5.97. The maximum Gasteiger partial charge on any atom is 0.328 e. The zero-order valence-corrected chi connectivity index (χ0v) is 18.1. The van der Waals surface area contributed by atoms with E-state index in [0.717, 1.165) is 6.26 Å². The van der Waals surface area contributed by atoms with Gasteiger partial charge in [-0.05, 0) is 48.0 Å². The molecule has 0 aromatic heterocycles. The van der Waals surface area contributed by atoms with E-state index in [-0.39, 0.29) is 12.6 Å². The van der Waals surface area contributed by atoms with Crippen molar-refractivity contribution in [3.63, 3.8) is 0 Å². The van der Waals surface area contributed by atoms with Gasteiger partial charge in [0, 0.05) is 24.0 Å². The van der Waals surface area contributed by atoms with Crippen LogP contribution in [0, 0.1) is 0 Å². The first-order chi connectivity index (χ1) is 14.3. The second-order valence-electron chi connectivity index (χ2n) is 6.60. The average molecular weight is 448 g/mol. The van der Waals surface area contributed by atoms with Crippen LogP contribution in [0.5, 0.6) is 0 Å². The van der Waals surface area contributed by atoms with E-state index in [1.165, 1.54) is 16.3 Å². The minimum atomic E-state index is -3.55. The molecule has 0 saturated heterocycles. The summed E-state index contributed by atoms with van der Waals surface area (Å²) in [4.78, 5) is 13.9. The molecule has 0 fully saturated rings. The molecule has 7 nitrogen and oxygen atoms in total. The molecule has 0 radical (unpaired) electrons. The van der Waals surface area contributed by atoms with Crippen LogP contribution in [0.4, 0.5) is 16.2 Å². The van der Waals surface area contributed by atoms with Crippen LogP contribution < -0.4 is 9.62 Å². The summed E-state index contributed by atoms with van der Waals surface area (Å²) in [6.07, 6.45) is 7.54. The smallest absolute Gasteiger partial charge is 0.328 e. The molecule has 9 heteroatoms. The van der Waals surface area contributed by atoms with Gasteiger partial charge >= 0.3 is 6.03 Å². The van der Waals surface area contributed by atoms with Gasteiger partial charge in [0.2, 0.25) is 10.0 Å². The lowest BCUT2D eigenvalue weighted by Crippen LogP contribution is -2.40. The van der Waals surface area contributed by atoms with Gasteiger partial charge in [-0.15, -0.1) is 0 Å². The average Bonchev–Trinajstić information content (AvgIpc) is 2.73. The zero-order valence-electron chi connectivity index (χ0n) is 16.5. The molecule has 2 aromatic carbocycles. The Morgan fingerprint density at radius 3 is 2.50 bits per heavy atom. The quantitative estimate of drug-likeness (QED) is 0.719. The first kappa shape index (κ1) is 21.9. The second kappa shape index (κ2) is 9.34. The van der Waals surface area contributed by atoms with E-state index in [1.54, 1.807) is 73.0 Å². The minimum Gasteiger partial charge on any atom is -0.357 e. The molecule has 30 heavy (non-hydrogen) atoms. The monoisotopic (exact) mass is 447 g/mol. The van der Waals surface area contributed by atoms with E-state index in [1.807, 2.05) is 0 Å². The van der Waals surface area contributed by atoms with Crippen molar-refractivity contribution in [2.45, 2.75) is 12.8 Å². The Balaban J connectivity index is 1.77. The molecular weight excluding hydrogens is 426 g/mol. The number of hydrogen-bond donors (Lipinski definition) is 1. The molecule has 2 aromatic rings. The third-order valence-electron chi connectivity index (χ3n) is 4.46. The Bertz CT molecular complexity index is 1070. The molecular formula is C21H22ClN3O4S. The van der Waals surface area contributed by atoms with E-state index in [2.05, 4.69) is 5.32 Å². The molecule has 2 amide bonds. The zero-order chi connectivity index (χ0) is 21.7. The summed E-state index contributed by atoms with van der Waals surface area (Å²) in [5.41, 5.74) is 1.68. The number of nitrogens with zero attached hydrogens (tertiary/aromatic N) is 2. The number of nitrogens with one attached hydrogen (secondary N) is 1. The third kappa shape index (κ3) is 5.21. The number of hydrogen-bond acceptors (Lipinski definition) is 4. The highest BCUT2D eigenvalue weighted by Gasteiger charge is 2.22. The van der Waals surface area contributed by atoms with Crippen LogP contribution in [-0.4, -0.2) is 38.9 Å². The van der Waals surface area contributed by atoms with Crippen LogP contribution in [0.2, 0.25) is 5.02 Å². The van der Waals surface area contributed by atoms with Gasteiger partial charge in [-0.3, -0.25) is 9.21 Å². The van der Waals surface area contributed by atoms with Crippen molar-refractivity contribution in [2.24, 2.45) is 0 Å². The number of anilines is 2. The molecule has 0 spiro atoms. The standard InChI is InChI=1S/C21H22ClN3O4S/c1-29-20-9-5-6-14-24(20)21(26)23-17-10-12-18(13-11-17)25(30(2,27)28)15-16-7-3-4-8-19(16)22/h3-14,20H,15H2,1-2H3,(H,23,26). The number of carbonyl (C=O) groups excluding carboxylic acids is 1. The molecule has 1 N–H and O–H groups in total. The molecule has 1 heterocycles. The van der Waals surface area contributed by atoms with E-state index in [4.69, 9.17) is 16.3 Å². The molecule has 0 saturated carbocycles. The van der Waals surface area contributed by atoms with Gasteiger partial charge in [0.1, 0.15) is 0 Å². The molecule has 1 aliphatic rings. The van der Waals surface area contributed by atoms with Crippen molar-refractivity contribution in [3.05, 3.63) is 83.5 Å². The second-order valence-corrected chi connectivity index (χ2v) is 8.91. The van der Waals surface area contributed by atoms with Gasteiger partial charge in [-0.2, -0.15) is 0 Å². The van der Waals surface area contributed by atoms with Gasteiger partial charge in [0.15, 0.2) is 6.23 Å². The Kier molecular flexibility index (Phi) is 6.81. The fourth-order valence-corrected chi connectivity index (χ4v) is 4.01. The summed E-state index contributed by atoms with van der Waals surface area (Å²) >= 11 is 6.19. The summed E-state index contributed by atoms with van der Waals surface area (Å²) in [5, 5.41) is 3.26. The minimum absolute atomic E-state index is 0.102. The molecule has 1 unspecified atom stereocenters. The molecule has 1 aliphatic heterocycles. The van der Waals surface area contributed by atoms with Crippen molar-refractivity contribution >= 4 is 39.0 Å². The SMILES string of the molecule is COC1C=CC=CN1C(=O)Nc1ccc(N(Cc2ccccc2Cl)S(C)(=O)=O)cc1. The lowest BCUT2D eigenvalue weighted by molar-refractivity contribution is 0.0528. The number of amides is 2. The number of rotatable bonds is 6. The predicted octanol–water partition coefficient (Wildman–Crippen LogP) is 4.20. The summed E-state index contributed by atoms with van der Waals surface area (Å²) in [7, 11) is -2.03. The fraction of sp³-hybridized carbons (Fsp3) is 0.190. The van der Waals surface area contributed by atoms with Crippen LogP contribution in [0.3, 0.4) is 0 Å². The highest BCUT2D eigenvalue weighted by atomic mass is 35.5. The molecule has 3 rings (SSSR count). The molecule has 0 aliphatic carbocycles. The van der Waals surface area contributed by atoms with Gasteiger partial charge in [-0.1, -0.05) is 35.9 Å². The van der Waals surface area contributed by atoms with Crippen LogP contribution in [0.15, 0.2) is 73.0 Å². The molecule has 158 valence electrons. The van der Waals surface area contributed by atoms with Gasteiger partial charge in [0.25, 0.3) is 0 Å². The van der Waals surface area contributed by atoms with Gasteiger partial charge < -0.3 is 10.1 Å². The number of ether oxygens (including phenoxy) is 1. The lowest BCUT2D eigenvalue weighted by atomic mass is 10.2. The number of methoxy groups -OCH3 is 1. The first-order valence-electron chi connectivity index (χ1n) is 9.08. The van der Waals surface area contributed by atoms with Crippen molar-refractivity contribution < 1.29 is 17.9 Å². The van der Waals surface area contributed by atoms with E-state index in [9.17, 15) is 13.2 Å². The van der Waals surface area contributed by atoms with Crippen molar-refractivity contribution in [1.82, 2.24) is 4.90 Å². The number of carbonyl (C=O) groups is 1. The van der Waals surface area contributed by atoms with E-state index >= 15 is 0 Å². The lowest BCUT2D eigenvalue weighted by Gasteiger charge is -2.27. The summed E-state index contributed by atoms with van der Waals surface area (Å²) in [6, 6.07) is 13.3. The van der Waals surface area contributed by atoms with Crippen molar-refractivity contribution in [2.75, 3.05) is 23.0 Å². The van der Waals surface area contributed by atoms with Crippen LogP contribution in [0.1, 0.15) is 5.56 Å². The van der Waals surface area contributed by atoms with Crippen LogP contribution in [-0.2, 0) is 21.3 Å². The number of sulfonamides is 1. The van der Waals surface area contributed by atoms with E-state index < -0.39 is 16.3 Å². The van der Waals surface area contributed by atoms with Crippen LogP contribution in [0.25, 0.3) is 0 Å². The predicted molar refractivity (Wildman–Crippen MR) is 119 cm³/mol. The Hall–Kier alpha value is -2.81. The fourth-order valence-electron chi connectivity index (χ4n) is 2.93. The largest absolute Gasteiger partial charge is 0.357 e. The molecule has 1 atom stereocenters. The molecule has 0 bridgehead atoms. The normalized spacial score (nSPS) is 15.8. The topological polar surface area (TPSA) is 79.0 Å². The summed E-state index contributed by atoms with van der Waals surface area (Å²) in [5.74, 6) is 0. The van der Waals surface area contributed by atoms with Crippen molar-refractivity contribution in [1.29, 1.82) is 0 Å². The number of allylic oxidation sites excluding steroid dienone is 2. The summed E-state index contributed by atoms with van der Waals surface area (Å²) < 4.78 is 31.3. The van der Waals surface area contributed by atoms with E-state index in [0.29, 0.717) is 22.0 Å². The van der Waals surface area contributed by atoms with Gasteiger partial charge in [-0.25, -0.2) is 13.2 Å². The Morgan fingerprint density at radius 1 is 1.17 bits per heavy atom. The Morgan fingerprint density at radius 2 is 1.87 bits per heavy atom. The van der Waals surface area contributed by atoms with Gasteiger partial charge in [0.05, 0.1) is 18.5 Å². The van der Waals surface area contributed by atoms with Crippen LogP contribution >= 0.6 is 11.6 Å².